The predicted octanol–water partition coefficient (Wildman–Crippen LogP) is 2.72. The fraction of sp³-hybridized carbons (Fsp3) is 0.355. The number of nitrogens with one attached hydrogen (secondary N) is 2. The number of aliphatic carboxylic acids is 3. The van der Waals surface area contributed by atoms with E-state index < -0.39 is 72.9 Å². The Morgan fingerprint density at radius 2 is 1.39 bits per heavy atom. The van der Waals surface area contributed by atoms with Gasteiger partial charge in [0, 0.05) is 18.1 Å². The molecule has 1 aliphatic rings. The normalized spacial score (nSPS) is 16.2. The first-order chi connectivity index (χ1) is 20.9. The summed E-state index contributed by atoms with van der Waals surface area (Å²) >= 11 is 1.72. The van der Waals surface area contributed by atoms with E-state index in [1.54, 1.807) is 11.8 Å². The van der Waals surface area contributed by atoms with Crippen LogP contribution in [-0.4, -0.2) is 63.0 Å². The molecule has 0 saturated heterocycles. The van der Waals surface area contributed by atoms with Crippen molar-refractivity contribution in [3.8, 4) is 0 Å². The summed E-state index contributed by atoms with van der Waals surface area (Å²) < 4.78 is 0. The van der Waals surface area contributed by atoms with E-state index in [9.17, 15) is 33.9 Å². The molecule has 1 unspecified atom stereocenters. The molecule has 3 rings (SSSR count). The maximum atomic E-state index is 13.2. The maximum absolute atomic E-state index is 13.2. The Hall–Kier alpha value is -4.65. The molecule has 1 aliphatic heterocycles. The van der Waals surface area contributed by atoms with Crippen LogP contribution in [0, 0.1) is 5.92 Å². The molecule has 1 heterocycles. The second kappa shape index (κ2) is 16.3. The van der Waals surface area contributed by atoms with Crippen LogP contribution < -0.4 is 16.4 Å². The molecule has 44 heavy (non-hydrogen) atoms. The van der Waals surface area contributed by atoms with Gasteiger partial charge >= 0.3 is 17.9 Å². The smallest absolute Gasteiger partial charge is 0.304 e. The van der Waals surface area contributed by atoms with Gasteiger partial charge in [-0.2, -0.15) is 0 Å². The molecule has 234 valence electrons. The Morgan fingerprint density at radius 3 is 1.95 bits per heavy atom. The molecule has 13 heteroatoms. The van der Waals surface area contributed by atoms with Gasteiger partial charge in [0.1, 0.15) is 12.1 Å². The number of hydrogen-bond donors (Lipinski definition) is 6. The highest BCUT2D eigenvalue weighted by Gasteiger charge is 2.30. The number of allylic oxidation sites excluding steroid dienone is 1. The number of nitrogens with two attached hydrogens (primary N) is 1. The van der Waals surface area contributed by atoms with E-state index in [2.05, 4.69) is 28.2 Å². The average molecular weight is 626 g/mol. The zero-order valence-corrected chi connectivity index (χ0v) is 24.6. The molecule has 2 aromatic carbocycles. The van der Waals surface area contributed by atoms with Crippen LogP contribution in [0.25, 0.3) is 5.57 Å². The van der Waals surface area contributed by atoms with Gasteiger partial charge in [-0.3, -0.25) is 28.8 Å². The Kier molecular flexibility index (Phi) is 12.5. The third-order valence-corrected chi connectivity index (χ3v) is 8.32. The molecule has 2 aromatic rings. The number of primary amides is 1. The van der Waals surface area contributed by atoms with E-state index in [4.69, 9.17) is 15.9 Å². The lowest BCUT2D eigenvalue weighted by Crippen LogP contribution is -2.54. The van der Waals surface area contributed by atoms with Crippen LogP contribution >= 0.6 is 11.8 Å². The zero-order valence-electron chi connectivity index (χ0n) is 23.8. The van der Waals surface area contributed by atoms with Gasteiger partial charge in [-0.05, 0) is 53.4 Å². The second-order valence-corrected chi connectivity index (χ2v) is 11.5. The first kappa shape index (κ1) is 33.8. The SMILES string of the molecule is NC(=O)[C@H](CCC(=O)O)NC(=O)[C@H](CCC(=O)O)NC(=O)[C@@H](CC(=O)O)Cc1ccc(C2CC(c3ccccc3)=CS2)cc1. The minimum atomic E-state index is -1.44. The Bertz CT molecular complexity index is 1400. The average Bonchev–Trinajstić information content (AvgIpc) is 3.47. The minimum Gasteiger partial charge on any atom is -0.481 e. The van der Waals surface area contributed by atoms with Crippen molar-refractivity contribution < 1.29 is 44.1 Å². The molecule has 3 amide bonds. The third kappa shape index (κ3) is 10.6. The Morgan fingerprint density at radius 1 is 0.795 bits per heavy atom. The van der Waals surface area contributed by atoms with Crippen LogP contribution in [0.2, 0.25) is 0 Å². The van der Waals surface area contributed by atoms with Gasteiger partial charge < -0.3 is 31.7 Å². The summed E-state index contributed by atoms with van der Waals surface area (Å²) in [5.74, 6) is -7.53. The van der Waals surface area contributed by atoms with E-state index in [0.29, 0.717) is 5.56 Å². The van der Waals surface area contributed by atoms with Gasteiger partial charge in [-0.25, -0.2) is 0 Å². The zero-order chi connectivity index (χ0) is 32.2. The summed E-state index contributed by atoms with van der Waals surface area (Å²) in [5, 5.41) is 34.6. The van der Waals surface area contributed by atoms with Crippen molar-refractivity contribution >= 4 is 53.0 Å². The van der Waals surface area contributed by atoms with Gasteiger partial charge in [0.25, 0.3) is 0 Å². The van der Waals surface area contributed by atoms with Crippen molar-refractivity contribution in [3.63, 3.8) is 0 Å². The first-order valence-corrected chi connectivity index (χ1v) is 14.9. The molecule has 7 N–H and O–H groups in total. The van der Waals surface area contributed by atoms with E-state index in [-0.39, 0.29) is 24.5 Å². The maximum Gasteiger partial charge on any atom is 0.304 e. The lowest BCUT2D eigenvalue weighted by molar-refractivity contribution is -0.142. The summed E-state index contributed by atoms with van der Waals surface area (Å²) in [6, 6.07) is 14.8. The van der Waals surface area contributed by atoms with Crippen molar-refractivity contribution in [1.29, 1.82) is 0 Å². The van der Waals surface area contributed by atoms with E-state index in [1.807, 2.05) is 42.5 Å². The fourth-order valence-corrected chi connectivity index (χ4v) is 5.92. The number of carbonyl (C=O) groups is 6. The fourth-order valence-electron chi connectivity index (χ4n) is 4.77. The van der Waals surface area contributed by atoms with E-state index >= 15 is 0 Å². The number of amides is 3. The molecule has 12 nitrogen and oxygen atoms in total. The monoisotopic (exact) mass is 625 g/mol. The number of carboxylic acids is 3. The van der Waals surface area contributed by atoms with Crippen molar-refractivity contribution in [2.45, 2.75) is 62.3 Å². The van der Waals surface area contributed by atoms with Crippen molar-refractivity contribution in [2.75, 3.05) is 0 Å². The van der Waals surface area contributed by atoms with Gasteiger partial charge in [0.15, 0.2) is 0 Å². The van der Waals surface area contributed by atoms with Crippen LogP contribution in [-0.2, 0) is 35.2 Å². The Labute approximate surface area is 258 Å². The molecule has 0 aliphatic carbocycles. The van der Waals surface area contributed by atoms with Crippen LogP contribution in [0.15, 0.2) is 60.0 Å². The highest BCUT2D eigenvalue weighted by Crippen LogP contribution is 2.45. The summed E-state index contributed by atoms with van der Waals surface area (Å²) in [6.07, 6.45) is -1.31. The molecule has 0 bridgehead atoms. The molecular formula is C31H35N3O9S. The van der Waals surface area contributed by atoms with Crippen LogP contribution in [0.3, 0.4) is 0 Å². The Balaban J connectivity index is 1.68. The van der Waals surface area contributed by atoms with Gasteiger partial charge in [0.05, 0.1) is 12.3 Å². The minimum absolute atomic E-state index is 0.0412. The molecule has 0 spiro atoms. The van der Waals surface area contributed by atoms with Gasteiger partial charge in [-0.15, -0.1) is 11.8 Å². The quantitative estimate of drug-likeness (QED) is 0.151. The number of rotatable bonds is 17. The van der Waals surface area contributed by atoms with Crippen molar-refractivity contribution in [1.82, 2.24) is 10.6 Å². The van der Waals surface area contributed by atoms with E-state index in [1.165, 1.54) is 11.1 Å². The number of carbonyl (C=O) groups excluding carboxylic acids is 3. The lowest BCUT2D eigenvalue weighted by Gasteiger charge is -2.23. The number of carboxylic acid groups (broad SMARTS) is 3. The van der Waals surface area contributed by atoms with E-state index in [0.717, 1.165) is 12.0 Å². The van der Waals surface area contributed by atoms with Gasteiger partial charge in [0.2, 0.25) is 17.7 Å². The molecule has 0 saturated carbocycles. The van der Waals surface area contributed by atoms with Crippen LogP contribution in [0.4, 0.5) is 0 Å². The summed E-state index contributed by atoms with van der Waals surface area (Å²) in [5.41, 5.74) is 9.46. The highest BCUT2D eigenvalue weighted by molar-refractivity contribution is 8.02. The van der Waals surface area contributed by atoms with Crippen molar-refractivity contribution in [2.24, 2.45) is 11.7 Å². The predicted molar refractivity (Wildman–Crippen MR) is 162 cm³/mol. The summed E-state index contributed by atoms with van der Waals surface area (Å²) in [4.78, 5) is 71.6. The summed E-state index contributed by atoms with van der Waals surface area (Å²) in [6.45, 7) is 0. The molecule has 0 fully saturated rings. The molecule has 4 atom stereocenters. The molecular weight excluding hydrogens is 590 g/mol. The standard InChI is InChI=1S/C31H35N3O9S/c32-29(41)23(10-12-26(35)36)33-31(43)24(11-13-27(37)38)34-30(42)21(16-28(39)40)14-18-6-8-20(9-7-18)25-15-22(17-44-25)19-4-2-1-3-5-19/h1-9,17,21,23-25H,10-16H2,(H2,32,41)(H,33,43)(H,34,42)(H,35,36)(H,37,38)(H,39,40)/t21-,23+,24+,25?/m1/s1. The summed E-state index contributed by atoms with van der Waals surface area (Å²) in [7, 11) is 0. The second-order valence-electron chi connectivity index (χ2n) is 10.5. The topological polar surface area (TPSA) is 213 Å². The number of thioether (sulfide) groups is 1. The van der Waals surface area contributed by atoms with Crippen LogP contribution in [0.1, 0.15) is 60.5 Å². The first-order valence-electron chi connectivity index (χ1n) is 14.0. The van der Waals surface area contributed by atoms with Crippen LogP contribution in [0.5, 0.6) is 0 Å². The third-order valence-electron chi connectivity index (χ3n) is 7.14. The molecule has 0 radical (unpaired) electrons. The highest BCUT2D eigenvalue weighted by atomic mass is 32.2. The number of benzene rings is 2. The van der Waals surface area contributed by atoms with Gasteiger partial charge in [-0.1, -0.05) is 54.6 Å². The molecule has 0 aromatic heterocycles. The lowest BCUT2D eigenvalue weighted by atomic mass is 9.93. The largest absolute Gasteiger partial charge is 0.481 e. The van der Waals surface area contributed by atoms with Crippen molar-refractivity contribution in [3.05, 3.63) is 76.7 Å². The number of hydrogen-bond acceptors (Lipinski definition) is 7.